The lowest BCUT2D eigenvalue weighted by molar-refractivity contribution is 0.0144. The summed E-state index contributed by atoms with van der Waals surface area (Å²) >= 11 is 0. The summed E-state index contributed by atoms with van der Waals surface area (Å²) in [5.41, 5.74) is 6.09. The molecule has 3 aromatic rings. The van der Waals surface area contributed by atoms with E-state index in [1.165, 1.54) is 0 Å². The first-order chi connectivity index (χ1) is 16.6. The van der Waals surface area contributed by atoms with Crippen LogP contribution in [0.4, 0.5) is 4.79 Å². The number of hydrogen-bond donors (Lipinski definition) is 0. The van der Waals surface area contributed by atoms with Gasteiger partial charge in [0.05, 0.1) is 17.6 Å². The number of piperidine rings is 1. The molecule has 35 heavy (non-hydrogen) atoms. The Morgan fingerprint density at radius 1 is 1.09 bits per heavy atom. The summed E-state index contributed by atoms with van der Waals surface area (Å²) in [6.45, 7) is 11.5. The number of imidazole rings is 1. The molecule has 2 aliphatic heterocycles. The topological polar surface area (TPSA) is 80.0 Å². The summed E-state index contributed by atoms with van der Waals surface area (Å²) in [7, 11) is 0. The third kappa shape index (κ3) is 4.61. The van der Waals surface area contributed by atoms with Gasteiger partial charge in [-0.2, -0.15) is 5.10 Å². The van der Waals surface area contributed by atoms with Gasteiger partial charge in [0, 0.05) is 36.8 Å². The number of amides is 2. The van der Waals surface area contributed by atoms with E-state index in [1.54, 1.807) is 4.90 Å². The molecule has 0 unspecified atom stereocenters. The second kappa shape index (κ2) is 8.66. The van der Waals surface area contributed by atoms with E-state index in [-0.39, 0.29) is 18.0 Å². The fourth-order valence-electron chi connectivity index (χ4n) is 5.09. The van der Waals surface area contributed by atoms with Gasteiger partial charge >= 0.3 is 6.09 Å². The van der Waals surface area contributed by atoms with Gasteiger partial charge in [-0.25, -0.2) is 14.3 Å². The summed E-state index contributed by atoms with van der Waals surface area (Å²) in [5.74, 6) is 0.0818. The minimum absolute atomic E-state index is 0.0818. The van der Waals surface area contributed by atoms with Crippen LogP contribution in [0.5, 0.6) is 0 Å². The van der Waals surface area contributed by atoms with Crippen molar-refractivity contribution in [1.29, 1.82) is 0 Å². The van der Waals surface area contributed by atoms with Gasteiger partial charge in [-0.15, -0.1) is 0 Å². The highest BCUT2D eigenvalue weighted by molar-refractivity contribution is 5.97. The SMILES string of the molecule is Cc1cn2nc(-c3ccc4c(c3)CCN(C3CCN(C(=O)OC(C)(C)C)CC3)C4=O)cc(C)c2n1. The minimum Gasteiger partial charge on any atom is -0.444 e. The van der Waals surface area contributed by atoms with Crippen LogP contribution in [0.1, 0.15) is 60.8 Å². The zero-order valence-electron chi connectivity index (χ0n) is 21.2. The molecule has 1 saturated heterocycles. The molecular weight excluding hydrogens is 442 g/mol. The number of nitrogens with zero attached hydrogens (tertiary/aromatic N) is 5. The number of rotatable bonds is 2. The number of fused-ring (bicyclic) bond motifs is 2. The van der Waals surface area contributed by atoms with Crippen LogP contribution in [-0.2, 0) is 11.2 Å². The smallest absolute Gasteiger partial charge is 0.410 e. The van der Waals surface area contributed by atoms with E-state index < -0.39 is 5.60 Å². The Labute approximate surface area is 205 Å². The first-order valence-electron chi connectivity index (χ1n) is 12.3. The molecule has 0 spiro atoms. The molecule has 1 aromatic carbocycles. The highest BCUT2D eigenvalue weighted by Gasteiger charge is 2.34. The van der Waals surface area contributed by atoms with Crippen molar-refractivity contribution in [3.8, 4) is 11.3 Å². The lowest BCUT2D eigenvalue weighted by Gasteiger charge is -2.40. The van der Waals surface area contributed by atoms with Crippen molar-refractivity contribution < 1.29 is 14.3 Å². The molecule has 0 aliphatic carbocycles. The van der Waals surface area contributed by atoms with Crippen LogP contribution < -0.4 is 0 Å². The molecule has 8 nitrogen and oxygen atoms in total. The van der Waals surface area contributed by atoms with Gasteiger partial charge in [0.15, 0.2) is 5.65 Å². The molecule has 5 rings (SSSR count). The van der Waals surface area contributed by atoms with Crippen molar-refractivity contribution in [3.05, 3.63) is 52.8 Å². The van der Waals surface area contributed by atoms with Crippen LogP contribution in [0.15, 0.2) is 30.5 Å². The number of hydrogen-bond acceptors (Lipinski definition) is 5. The molecule has 0 N–H and O–H groups in total. The Bertz CT molecular complexity index is 1300. The maximum atomic E-state index is 13.4. The summed E-state index contributed by atoms with van der Waals surface area (Å²) in [4.78, 5) is 34.1. The molecule has 2 aromatic heterocycles. The average molecular weight is 476 g/mol. The van der Waals surface area contributed by atoms with Crippen molar-refractivity contribution in [2.75, 3.05) is 19.6 Å². The first-order valence-corrected chi connectivity index (χ1v) is 12.3. The Morgan fingerprint density at radius 3 is 2.54 bits per heavy atom. The molecule has 2 amide bonds. The van der Waals surface area contributed by atoms with Gasteiger partial charge in [-0.1, -0.05) is 6.07 Å². The van der Waals surface area contributed by atoms with E-state index >= 15 is 0 Å². The third-order valence-electron chi connectivity index (χ3n) is 6.80. The number of likely N-dealkylation sites (tertiary alicyclic amines) is 1. The van der Waals surface area contributed by atoms with Gasteiger partial charge < -0.3 is 14.5 Å². The minimum atomic E-state index is -0.503. The summed E-state index contributed by atoms with van der Waals surface area (Å²) in [5, 5.41) is 4.74. The summed E-state index contributed by atoms with van der Waals surface area (Å²) in [6.07, 6.45) is 4.01. The predicted octanol–water partition coefficient (Wildman–Crippen LogP) is 4.41. The van der Waals surface area contributed by atoms with Crippen molar-refractivity contribution in [1.82, 2.24) is 24.4 Å². The van der Waals surface area contributed by atoms with Gasteiger partial charge in [0.1, 0.15) is 5.60 Å². The molecule has 0 atom stereocenters. The Hall–Kier alpha value is -3.42. The number of carbonyl (C=O) groups is 2. The molecule has 4 heterocycles. The lowest BCUT2D eigenvalue weighted by atomic mass is 9.92. The number of carbonyl (C=O) groups excluding carboxylic acids is 2. The number of ether oxygens (including phenoxy) is 1. The highest BCUT2D eigenvalue weighted by Crippen LogP contribution is 2.29. The molecule has 184 valence electrons. The second-order valence-corrected chi connectivity index (χ2v) is 10.7. The quantitative estimate of drug-likeness (QED) is 0.549. The van der Waals surface area contributed by atoms with Gasteiger partial charge in [-0.05, 0) is 83.2 Å². The zero-order valence-corrected chi connectivity index (χ0v) is 21.2. The van der Waals surface area contributed by atoms with E-state index in [0.29, 0.717) is 19.6 Å². The molecule has 0 saturated carbocycles. The number of aromatic nitrogens is 3. The fraction of sp³-hybridized carbons (Fsp3) is 0.481. The number of aryl methyl sites for hydroxylation is 2. The van der Waals surface area contributed by atoms with Gasteiger partial charge in [-0.3, -0.25) is 4.79 Å². The second-order valence-electron chi connectivity index (χ2n) is 10.7. The van der Waals surface area contributed by atoms with Crippen LogP contribution in [0, 0.1) is 13.8 Å². The van der Waals surface area contributed by atoms with Crippen molar-refractivity contribution in [3.63, 3.8) is 0 Å². The standard InChI is InChI=1S/C27H33N5O3/c1-17-14-23(29-32-16-18(2)28-24(17)32)20-6-7-22-19(15-20)8-13-31(25(22)33)21-9-11-30(12-10-21)26(34)35-27(3,4)5/h6-7,14-16,21H,8-13H2,1-5H3. The lowest BCUT2D eigenvalue weighted by Crippen LogP contribution is -2.51. The van der Waals surface area contributed by atoms with Crippen LogP contribution >= 0.6 is 0 Å². The van der Waals surface area contributed by atoms with Crippen molar-refractivity contribution in [2.24, 2.45) is 0 Å². The maximum Gasteiger partial charge on any atom is 0.410 e. The average Bonchev–Trinajstić information content (AvgIpc) is 3.19. The first kappa shape index (κ1) is 23.3. The molecule has 2 aliphatic rings. The largest absolute Gasteiger partial charge is 0.444 e. The molecular formula is C27H33N5O3. The van der Waals surface area contributed by atoms with Gasteiger partial charge in [0.25, 0.3) is 5.91 Å². The third-order valence-corrected chi connectivity index (χ3v) is 6.80. The van der Waals surface area contributed by atoms with Crippen LogP contribution in [0.2, 0.25) is 0 Å². The predicted molar refractivity (Wildman–Crippen MR) is 133 cm³/mol. The Kier molecular flexibility index (Phi) is 5.77. The van der Waals surface area contributed by atoms with E-state index in [0.717, 1.165) is 58.6 Å². The summed E-state index contributed by atoms with van der Waals surface area (Å²) in [6, 6.07) is 8.23. The Morgan fingerprint density at radius 2 is 1.83 bits per heavy atom. The monoisotopic (exact) mass is 475 g/mol. The van der Waals surface area contributed by atoms with Gasteiger partial charge in [0.2, 0.25) is 0 Å². The van der Waals surface area contributed by atoms with Crippen LogP contribution in [0.25, 0.3) is 16.9 Å². The van der Waals surface area contributed by atoms with E-state index in [9.17, 15) is 9.59 Å². The van der Waals surface area contributed by atoms with Crippen LogP contribution in [0.3, 0.4) is 0 Å². The van der Waals surface area contributed by atoms with Crippen molar-refractivity contribution >= 4 is 17.6 Å². The zero-order chi connectivity index (χ0) is 24.9. The van der Waals surface area contributed by atoms with E-state index in [4.69, 9.17) is 9.84 Å². The normalized spacial score (nSPS) is 17.1. The molecule has 1 fully saturated rings. The van der Waals surface area contributed by atoms with E-state index in [2.05, 4.69) is 17.1 Å². The van der Waals surface area contributed by atoms with Crippen LogP contribution in [-0.4, -0.2) is 67.7 Å². The Balaban J connectivity index is 1.30. The fourth-order valence-corrected chi connectivity index (χ4v) is 5.09. The van der Waals surface area contributed by atoms with Crippen molar-refractivity contribution in [2.45, 2.75) is 65.5 Å². The summed E-state index contributed by atoms with van der Waals surface area (Å²) < 4.78 is 7.33. The molecule has 8 heteroatoms. The highest BCUT2D eigenvalue weighted by atomic mass is 16.6. The molecule has 0 bridgehead atoms. The van der Waals surface area contributed by atoms with E-state index in [1.807, 2.05) is 62.4 Å². The maximum absolute atomic E-state index is 13.4. The number of benzene rings is 1. The molecule has 0 radical (unpaired) electrons.